The second kappa shape index (κ2) is 5.89. The van der Waals surface area contributed by atoms with Crippen LogP contribution in [0.2, 0.25) is 0 Å². The summed E-state index contributed by atoms with van der Waals surface area (Å²) in [4.78, 5) is 1.12. The van der Waals surface area contributed by atoms with Crippen LogP contribution in [0.4, 0.5) is 0 Å². The van der Waals surface area contributed by atoms with Gasteiger partial charge in [-0.3, -0.25) is 0 Å². The Kier molecular flexibility index (Phi) is 4.30. The SMILES string of the molecule is C[C@@H]1O[C@@H](Sc2ccccc2)[C@@H]2OC(C)(C)CO[C@@H]2[C@H]1O. The van der Waals surface area contributed by atoms with E-state index >= 15 is 0 Å². The minimum Gasteiger partial charge on any atom is -0.388 e. The minimum atomic E-state index is -0.654. The zero-order chi connectivity index (χ0) is 15.0. The first-order valence-corrected chi connectivity index (χ1v) is 8.19. The number of aliphatic hydroxyl groups is 1. The molecule has 5 heteroatoms. The van der Waals surface area contributed by atoms with Crippen LogP contribution in [0.3, 0.4) is 0 Å². The van der Waals surface area contributed by atoms with Gasteiger partial charge in [0.25, 0.3) is 0 Å². The fourth-order valence-corrected chi connectivity index (χ4v) is 3.89. The molecule has 21 heavy (non-hydrogen) atoms. The highest BCUT2D eigenvalue weighted by atomic mass is 32.2. The third kappa shape index (κ3) is 3.27. The number of ether oxygens (including phenoxy) is 3. The second-order valence-corrected chi connectivity index (χ2v) is 7.42. The first kappa shape index (κ1) is 15.3. The maximum absolute atomic E-state index is 10.3. The monoisotopic (exact) mass is 310 g/mol. The van der Waals surface area contributed by atoms with Crippen molar-refractivity contribution in [3.63, 3.8) is 0 Å². The fourth-order valence-electron chi connectivity index (χ4n) is 2.73. The van der Waals surface area contributed by atoms with Crippen LogP contribution in [-0.2, 0) is 14.2 Å². The Morgan fingerprint density at radius 1 is 1.19 bits per heavy atom. The summed E-state index contributed by atoms with van der Waals surface area (Å²) in [6.07, 6.45) is -1.52. The van der Waals surface area contributed by atoms with Crippen molar-refractivity contribution in [3.8, 4) is 0 Å². The Morgan fingerprint density at radius 3 is 2.62 bits per heavy atom. The van der Waals surface area contributed by atoms with Crippen molar-refractivity contribution < 1.29 is 19.3 Å². The van der Waals surface area contributed by atoms with Crippen LogP contribution < -0.4 is 0 Å². The number of rotatable bonds is 2. The van der Waals surface area contributed by atoms with Crippen LogP contribution in [0.5, 0.6) is 0 Å². The number of fused-ring (bicyclic) bond motifs is 1. The molecule has 3 rings (SSSR count). The Bertz CT molecular complexity index is 478. The molecule has 1 N–H and O–H groups in total. The molecule has 0 aromatic heterocycles. The van der Waals surface area contributed by atoms with Gasteiger partial charge in [0, 0.05) is 4.90 Å². The van der Waals surface area contributed by atoms with Crippen LogP contribution in [0.25, 0.3) is 0 Å². The summed E-state index contributed by atoms with van der Waals surface area (Å²) in [5.41, 5.74) is -0.546. The van der Waals surface area contributed by atoms with Crippen molar-refractivity contribution in [2.24, 2.45) is 0 Å². The Hall–Kier alpha value is -0.590. The molecule has 2 aliphatic heterocycles. The van der Waals surface area contributed by atoms with Gasteiger partial charge in [-0.25, -0.2) is 0 Å². The molecule has 0 unspecified atom stereocenters. The van der Waals surface area contributed by atoms with Crippen molar-refractivity contribution in [1.82, 2.24) is 0 Å². The van der Waals surface area contributed by atoms with Crippen molar-refractivity contribution in [3.05, 3.63) is 30.3 Å². The van der Waals surface area contributed by atoms with Gasteiger partial charge in [-0.05, 0) is 32.9 Å². The number of benzene rings is 1. The zero-order valence-corrected chi connectivity index (χ0v) is 13.4. The number of hydrogen-bond donors (Lipinski definition) is 1. The van der Waals surface area contributed by atoms with Gasteiger partial charge < -0.3 is 19.3 Å². The summed E-state index contributed by atoms with van der Waals surface area (Å²) in [5, 5.41) is 10.3. The maximum atomic E-state index is 10.3. The van der Waals surface area contributed by atoms with Crippen molar-refractivity contribution in [2.45, 2.75) is 61.1 Å². The molecule has 0 saturated carbocycles. The predicted molar refractivity (Wildman–Crippen MR) is 81.3 cm³/mol. The minimum absolute atomic E-state index is 0.185. The molecule has 2 aliphatic rings. The highest BCUT2D eigenvalue weighted by Gasteiger charge is 2.50. The molecule has 4 nitrogen and oxygen atoms in total. The van der Waals surface area contributed by atoms with Gasteiger partial charge in [-0.2, -0.15) is 0 Å². The third-order valence-corrected chi connectivity index (χ3v) is 4.99. The van der Waals surface area contributed by atoms with Gasteiger partial charge in [0.1, 0.15) is 23.7 Å². The summed E-state index contributed by atoms with van der Waals surface area (Å²) in [7, 11) is 0. The van der Waals surface area contributed by atoms with E-state index in [-0.39, 0.29) is 29.3 Å². The first-order chi connectivity index (χ1) is 9.96. The van der Waals surface area contributed by atoms with E-state index in [1.807, 2.05) is 51.1 Å². The van der Waals surface area contributed by atoms with Crippen molar-refractivity contribution in [2.75, 3.05) is 6.61 Å². The number of hydrogen-bond acceptors (Lipinski definition) is 5. The van der Waals surface area contributed by atoms with Gasteiger partial charge in [0.15, 0.2) is 0 Å². The lowest BCUT2D eigenvalue weighted by Gasteiger charge is -2.49. The maximum Gasteiger partial charge on any atom is 0.136 e. The van der Waals surface area contributed by atoms with Crippen LogP contribution in [-0.4, -0.2) is 47.2 Å². The van der Waals surface area contributed by atoms with Crippen LogP contribution in [0, 0.1) is 0 Å². The van der Waals surface area contributed by atoms with Gasteiger partial charge in [0.05, 0.1) is 18.3 Å². The number of aliphatic hydroxyl groups excluding tert-OH is 1. The molecule has 2 saturated heterocycles. The lowest BCUT2D eigenvalue weighted by molar-refractivity contribution is -0.294. The predicted octanol–water partition coefficient (Wildman–Crippen LogP) is 2.45. The topological polar surface area (TPSA) is 47.9 Å². The summed E-state index contributed by atoms with van der Waals surface area (Å²) in [6.45, 7) is 6.36. The number of thioether (sulfide) groups is 1. The van der Waals surface area contributed by atoms with Gasteiger partial charge in [-0.1, -0.05) is 30.0 Å². The highest BCUT2D eigenvalue weighted by Crippen LogP contribution is 2.39. The van der Waals surface area contributed by atoms with Gasteiger partial charge >= 0.3 is 0 Å². The van der Waals surface area contributed by atoms with Crippen LogP contribution in [0.1, 0.15) is 20.8 Å². The Balaban J connectivity index is 1.80. The van der Waals surface area contributed by atoms with Gasteiger partial charge in [-0.15, -0.1) is 0 Å². The molecule has 2 fully saturated rings. The molecule has 0 amide bonds. The normalized spacial score (nSPS) is 38.8. The quantitative estimate of drug-likeness (QED) is 0.909. The highest BCUT2D eigenvalue weighted by molar-refractivity contribution is 7.99. The van der Waals surface area contributed by atoms with E-state index in [1.165, 1.54) is 0 Å². The molecule has 0 aliphatic carbocycles. The van der Waals surface area contributed by atoms with Crippen LogP contribution >= 0.6 is 11.8 Å². The molecular weight excluding hydrogens is 288 g/mol. The average molecular weight is 310 g/mol. The summed E-state index contributed by atoms with van der Waals surface area (Å²) >= 11 is 1.62. The lowest BCUT2D eigenvalue weighted by Crippen LogP contribution is -2.63. The molecule has 0 spiro atoms. The molecule has 2 heterocycles. The van der Waals surface area contributed by atoms with Gasteiger partial charge in [0.2, 0.25) is 0 Å². The van der Waals surface area contributed by atoms with E-state index in [0.29, 0.717) is 6.61 Å². The average Bonchev–Trinajstić information content (AvgIpc) is 2.45. The second-order valence-electron chi connectivity index (χ2n) is 6.25. The van der Waals surface area contributed by atoms with Crippen LogP contribution in [0.15, 0.2) is 35.2 Å². The largest absolute Gasteiger partial charge is 0.388 e. The molecule has 116 valence electrons. The van der Waals surface area contributed by atoms with E-state index < -0.39 is 6.10 Å². The Morgan fingerprint density at radius 2 is 1.90 bits per heavy atom. The third-order valence-electron chi connectivity index (χ3n) is 3.83. The smallest absolute Gasteiger partial charge is 0.136 e. The molecule has 1 aromatic rings. The fraction of sp³-hybridized carbons (Fsp3) is 0.625. The Labute approximate surface area is 129 Å². The summed E-state index contributed by atoms with van der Waals surface area (Å²) in [6, 6.07) is 10.1. The zero-order valence-electron chi connectivity index (χ0n) is 12.6. The molecule has 5 atom stereocenters. The summed E-state index contributed by atoms with van der Waals surface area (Å²) < 4.78 is 18.0. The molecule has 1 aromatic carbocycles. The lowest BCUT2D eigenvalue weighted by atomic mass is 9.97. The van der Waals surface area contributed by atoms with E-state index in [0.717, 1.165) is 4.90 Å². The standard InChI is InChI=1S/C16H22O4S/c1-10-12(17)13-14(20-16(2,3)9-18-13)15(19-10)21-11-7-5-4-6-8-11/h4-8,10,12-15,17H,9H2,1-3H3/t10-,12-,13+,14+,15-/m0/s1. The van der Waals surface area contributed by atoms with E-state index in [4.69, 9.17) is 14.2 Å². The van der Waals surface area contributed by atoms with Crippen molar-refractivity contribution in [1.29, 1.82) is 0 Å². The van der Waals surface area contributed by atoms with E-state index in [9.17, 15) is 5.11 Å². The van der Waals surface area contributed by atoms with Crippen molar-refractivity contribution >= 4 is 11.8 Å². The van der Waals surface area contributed by atoms with E-state index in [1.54, 1.807) is 11.8 Å². The molecule has 0 bridgehead atoms. The molecule has 0 radical (unpaired) electrons. The summed E-state index contributed by atoms with van der Waals surface area (Å²) in [5.74, 6) is 0. The first-order valence-electron chi connectivity index (χ1n) is 7.31. The molecular formula is C16H22O4S. The van der Waals surface area contributed by atoms with E-state index in [2.05, 4.69) is 0 Å².